The Bertz CT molecular complexity index is 709. The van der Waals surface area contributed by atoms with Crippen molar-refractivity contribution in [2.45, 2.75) is 16.7 Å². The first-order valence-corrected chi connectivity index (χ1v) is 7.83. The minimum absolute atomic E-state index is 0.666. The van der Waals surface area contributed by atoms with Gasteiger partial charge in [0.2, 0.25) is 0 Å². The number of benzene rings is 2. The molecule has 1 heterocycles. The average Bonchev–Trinajstić information content (AvgIpc) is 2.84. The van der Waals surface area contributed by atoms with Crippen molar-refractivity contribution in [3.63, 3.8) is 0 Å². The molecular weight excluding hydrogens is 336 g/mol. The van der Waals surface area contributed by atoms with E-state index in [2.05, 4.69) is 44.4 Å². The average molecular weight is 349 g/mol. The Kier molecular flexibility index (Phi) is 4.10. The van der Waals surface area contributed by atoms with Crippen LogP contribution in [-0.4, -0.2) is 12.0 Å². The first kappa shape index (κ1) is 13.7. The molecule has 3 nitrogen and oxygen atoms in total. The smallest absolute Gasteiger partial charge is 0.261 e. The lowest BCUT2D eigenvalue weighted by Crippen LogP contribution is -2.05. The Morgan fingerprint density at radius 3 is 2.85 bits per heavy atom. The zero-order valence-corrected chi connectivity index (χ0v) is 13.3. The normalized spacial score (nSPS) is 11.1. The molecule has 0 aliphatic carbocycles. The molecule has 0 saturated heterocycles. The highest BCUT2D eigenvalue weighted by atomic mass is 79.9. The molecule has 0 aliphatic heterocycles. The van der Waals surface area contributed by atoms with Gasteiger partial charge in [0.25, 0.3) is 5.22 Å². The zero-order valence-electron chi connectivity index (χ0n) is 10.9. The molecule has 102 valence electrons. The van der Waals surface area contributed by atoms with Crippen LogP contribution in [0.4, 0.5) is 0 Å². The van der Waals surface area contributed by atoms with E-state index in [0.717, 1.165) is 27.0 Å². The summed E-state index contributed by atoms with van der Waals surface area (Å²) in [6.45, 7) is 0.842. The molecule has 20 heavy (non-hydrogen) atoms. The standard InChI is InChI=1S/C15H13BrN2OS/c1-17-9-10-6-7-11(8-12(10)16)20-15-18-13-4-2-3-5-14(13)19-15/h2-8,17H,9H2,1H3. The molecule has 0 saturated carbocycles. The number of halogens is 1. The van der Waals surface area contributed by atoms with Crippen molar-refractivity contribution in [2.75, 3.05) is 7.05 Å². The molecule has 3 aromatic rings. The Morgan fingerprint density at radius 1 is 1.25 bits per heavy atom. The lowest BCUT2D eigenvalue weighted by molar-refractivity contribution is 0.489. The highest BCUT2D eigenvalue weighted by Crippen LogP contribution is 2.32. The Morgan fingerprint density at radius 2 is 2.10 bits per heavy atom. The van der Waals surface area contributed by atoms with Crippen molar-refractivity contribution >= 4 is 38.8 Å². The maximum absolute atomic E-state index is 5.71. The second kappa shape index (κ2) is 5.99. The van der Waals surface area contributed by atoms with E-state index in [1.807, 2.05) is 31.3 Å². The van der Waals surface area contributed by atoms with Gasteiger partial charge in [0.15, 0.2) is 5.58 Å². The maximum atomic E-state index is 5.71. The number of hydrogen-bond acceptors (Lipinski definition) is 4. The summed E-state index contributed by atoms with van der Waals surface area (Å²) in [5.74, 6) is 0. The van der Waals surface area contributed by atoms with Gasteiger partial charge < -0.3 is 9.73 Å². The number of nitrogens with one attached hydrogen (secondary N) is 1. The molecule has 1 aromatic heterocycles. The third-order valence-corrected chi connectivity index (χ3v) is 4.45. The second-order valence-corrected chi connectivity index (χ2v) is 6.21. The van der Waals surface area contributed by atoms with E-state index in [1.165, 1.54) is 17.3 Å². The summed E-state index contributed by atoms with van der Waals surface area (Å²) in [7, 11) is 1.94. The summed E-state index contributed by atoms with van der Waals surface area (Å²) < 4.78 is 6.80. The van der Waals surface area contributed by atoms with Gasteiger partial charge in [0.1, 0.15) is 5.52 Å². The predicted octanol–water partition coefficient (Wildman–Crippen LogP) is 4.46. The van der Waals surface area contributed by atoms with Crippen molar-refractivity contribution < 1.29 is 4.42 Å². The highest BCUT2D eigenvalue weighted by Gasteiger charge is 2.08. The Labute approximate surface area is 129 Å². The molecule has 0 bridgehead atoms. The van der Waals surface area contributed by atoms with Gasteiger partial charge in [-0.1, -0.05) is 34.1 Å². The molecular formula is C15H13BrN2OS. The number of oxazole rings is 1. The largest absolute Gasteiger partial charge is 0.431 e. The molecule has 0 spiro atoms. The van der Waals surface area contributed by atoms with E-state index in [1.54, 1.807) is 0 Å². The SMILES string of the molecule is CNCc1ccc(Sc2nc3ccccc3o2)cc1Br. The van der Waals surface area contributed by atoms with Gasteiger partial charge in [0.05, 0.1) is 0 Å². The molecule has 2 aromatic carbocycles. The first-order chi connectivity index (χ1) is 9.76. The van der Waals surface area contributed by atoms with Crippen LogP contribution in [-0.2, 0) is 6.54 Å². The lowest BCUT2D eigenvalue weighted by atomic mass is 10.2. The fourth-order valence-electron chi connectivity index (χ4n) is 1.92. The van der Waals surface area contributed by atoms with Crippen LogP contribution in [0, 0.1) is 0 Å². The van der Waals surface area contributed by atoms with Crippen molar-refractivity contribution in [2.24, 2.45) is 0 Å². The summed E-state index contributed by atoms with van der Waals surface area (Å²) in [5.41, 5.74) is 2.94. The molecule has 3 rings (SSSR count). The summed E-state index contributed by atoms with van der Waals surface area (Å²) in [5, 5.41) is 3.81. The van der Waals surface area contributed by atoms with Crippen molar-refractivity contribution in [1.29, 1.82) is 0 Å². The molecule has 0 radical (unpaired) electrons. The van der Waals surface area contributed by atoms with Gasteiger partial charge in [0, 0.05) is 15.9 Å². The van der Waals surface area contributed by atoms with Crippen LogP contribution in [0.2, 0.25) is 0 Å². The van der Waals surface area contributed by atoms with Gasteiger partial charge >= 0.3 is 0 Å². The monoisotopic (exact) mass is 348 g/mol. The van der Waals surface area contributed by atoms with Gasteiger partial charge in [-0.25, -0.2) is 4.98 Å². The zero-order chi connectivity index (χ0) is 13.9. The minimum atomic E-state index is 0.666. The first-order valence-electron chi connectivity index (χ1n) is 6.23. The number of fused-ring (bicyclic) bond motifs is 1. The second-order valence-electron chi connectivity index (χ2n) is 4.33. The third-order valence-electron chi connectivity index (χ3n) is 2.87. The van der Waals surface area contributed by atoms with Crippen LogP contribution in [0.1, 0.15) is 5.56 Å². The topological polar surface area (TPSA) is 38.1 Å². The van der Waals surface area contributed by atoms with Crippen LogP contribution in [0.3, 0.4) is 0 Å². The molecule has 0 atom stereocenters. The van der Waals surface area contributed by atoms with Crippen LogP contribution >= 0.6 is 27.7 Å². The number of para-hydroxylation sites is 2. The van der Waals surface area contributed by atoms with Gasteiger partial charge in [-0.05, 0) is 48.6 Å². The summed E-state index contributed by atoms with van der Waals surface area (Å²) in [6, 6.07) is 14.1. The predicted molar refractivity (Wildman–Crippen MR) is 85.0 cm³/mol. The van der Waals surface area contributed by atoms with E-state index in [9.17, 15) is 0 Å². The van der Waals surface area contributed by atoms with Crippen LogP contribution in [0.15, 0.2) is 61.5 Å². The van der Waals surface area contributed by atoms with Crippen molar-refractivity contribution in [1.82, 2.24) is 10.3 Å². The molecule has 0 aliphatic rings. The summed E-state index contributed by atoms with van der Waals surface area (Å²) in [4.78, 5) is 5.57. The quantitative estimate of drug-likeness (QED) is 0.755. The van der Waals surface area contributed by atoms with E-state index in [-0.39, 0.29) is 0 Å². The molecule has 0 fully saturated rings. The molecule has 0 amide bonds. The van der Waals surface area contributed by atoms with Gasteiger partial charge in [-0.15, -0.1) is 0 Å². The molecule has 0 unspecified atom stereocenters. The number of rotatable bonds is 4. The molecule has 5 heteroatoms. The van der Waals surface area contributed by atoms with Crippen molar-refractivity contribution in [3.8, 4) is 0 Å². The van der Waals surface area contributed by atoms with E-state index in [4.69, 9.17) is 4.42 Å². The summed E-state index contributed by atoms with van der Waals surface area (Å²) in [6.07, 6.45) is 0. The lowest BCUT2D eigenvalue weighted by Gasteiger charge is -2.05. The number of nitrogens with zero attached hydrogens (tertiary/aromatic N) is 1. The van der Waals surface area contributed by atoms with Crippen LogP contribution in [0.25, 0.3) is 11.1 Å². The van der Waals surface area contributed by atoms with E-state index in [0.29, 0.717) is 5.22 Å². The minimum Gasteiger partial charge on any atom is -0.431 e. The third kappa shape index (κ3) is 2.90. The van der Waals surface area contributed by atoms with Crippen LogP contribution in [0.5, 0.6) is 0 Å². The number of aromatic nitrogens is 1. The van der Waals surface area contributed by atoms with E-state index < -0.39 is 0 Å². The number of hydrogen-bond donors (Lipinski definition) is 1. The fraction of sp³-hybridized carbons (Fsp3) is 0.133. The fourth-order valence-corrected chi connectivity index (χ4v) is 3.38. The van der Waals surface area contributed by atoms with Crippen LogP contribution < -0.4 is 5.32 Å². The Balaban J connectivity index is 1.85. The maximum Gasteiger partial charge on any atom is 0.261 e. The summed E-state index contributed by atoms with van der Waals surface area (Å²) >= 11 is 5.12. The Hall–Kier alpha value is -1.30. The van der Waals surface area contributed by atoms with Crippen molar-refractivity contribution in [3.05, 3.63) is 52.5 Å². The van der Waals surface area contributed by atoms with Gasteiger partial charge in [-0.3, -0.25) is 0 Å². The van der Waals surface area contributed by atoms with E-state index >= 15 is 0 Å². The van der Waals surface area contributed by atoms with Gasteiger partial charge in [-0.2, -0.15) is 0 Å². The molecule has 1 N–H and O–H groups in total. The highest BCUT2D eigenvalue weighted by molar-refractivity contribution is 9.10.